The van der Waals surface area contributed by atoms with Crippen LogP contribution in [0.1, 0.15) is 341 Å². The molecule has 14 heteroatoms. The number of carbonyl (C=O) groups is 1. The second kappa shape index (κ2) is 68.0. The Morgan fingerprint density at radius 2 is 0.707 bits per heavy atom. The van der Waals surface area contributed by atoms with Crippen molar-refractivity contribution >= 4 is 5.91 Å². The van der Waals surface area contributed by atoms with E-state index >= 15 is 0 Å². The molecule has 2 saturated heterocycles. The first-order chi connectivity index (χ1) is 48.6. The molecule has 12 atom stereocenters. The quantitative estimate of drug-likeness (QED) is 0.0204. The first-order valence-electron chi connectivity index (χ1n) is 41.0. The minimum atomic E-state index is -1.79. The molecule has 12 unspecified atom stereocenters. The SMILES string of the molecule is CC/C=C\C/C=C\C/C=C\C/C=C\C/C=C\C/C=C\CCCCCCCCCCCCCCCCCCCCC(=O)NC(COC1OC(CO)C(OC2OC(CO)C(O)C(O)C2O)C(O)C1O)C(O)/C=C/CC/C=C/CCCCCCCCCCCCCCCCCCCCCCCC. The Balaban J connectivity index is 1.61. The smallest absolute Gasteiger partial charge is 0.220 e. The van der Waals surface area contributed by atoms with E-state index in [9.17, 15) is 45.6 Å². The van der Waals surface area contributed by atoms with Gasteiger partial charge < -0.3 is 65.1 Å². The predicted octanol–water partition coefficient (Wildman–Crippen LogP) is 18.9. The lowest BCUT2D eigenvalue weighted by Crippen LogP contribution is -2.65. The minimum absolute atomic E-state index is 0.246. The second-order valence-corrected chi connectivity index (χ2v) is 28.5. The van der Waals surface area contributed by atoms with Gasteiger partial charge in [0.2, 0.25) is 5.91 Å². The molecule has 99 heavy (non-hydrogen) atoms. The third-order valence-electron chi connectivity index (χ3n) is 19.5. The molecule has 2 rings (SSSR count). The van der Waals surface area contributed by atoms with Gasteiger partial charge in [0.1, 0.15) is 48.8 Å². The molecule has 0 aliphatic carbocycles. The molecule has 0 saturated carbocycles. The maximum absolute atomic E-state index is 13.4. The number of ether oxygens (including phenoxy) is 4. The van der Waals surface area contributed by atoms with Crippen LogP contribution in [0.15, 0.2) is 97.2 Å². The van der Waals surface area contributed by atoms with Crippen molar-refractivity contribution in [3.05, 3.63) is 97.2 Å². The van der Waals surface area contributed by atoms with Crippen molar-refractivity contribution in [1.29, 1.82) is 0 Å². The number of aliphatic hydroxyl groups is 8. The summed E-state index contributed by atoms with van der Waals surface area (Å²) in [5.74, 6) is -0.246. The van der Waals surface area contributed by atoms with Gasteiger partial charge in [-0.25, -0.2) is 0 Å². The van der Waals surface area contributed by atoms with Gasteiger partial charge >= 0.3 is 0 Å². The Bertz CT molecular complexity index is 2040. The van der Waals surface area contributed by atoms with Crippen molar-refractivity contribution in [2.75, 3.05) is 19.8 Å². The summed E-state index contributed by atoms with van der Waals surface area (Å²) >= 11 is 0. The topological polar surface area (TPSA) is 228 Å². The van der Waals surface area contributed by atoms with E-state index in [4.69, 9.17) is 18.9 Å². The van der Waals surface area contributed by atoms with Crippen LogP contribution in [-0.4, -0.2) is 140 Å². The highest BCUT2D eigenvalue weighted by Crippen LogP contribution is 2.30. The minimum Gasteiger partial charge on any atom is -0.394 e. The molecule has 2 fully saturated rings. The molecule has 0 bridgehead atoms. The zero-order chi connectivity index (χ0) is 71.5. The van der Waals surface area contributed by atoms with Crippen LogP contribution in [0.5, 0.6) is 0 Å². The lowest BCUT2D eigenvalue weighted by Gasteiger charge is -2.46. The number of aliphatic hydroxyl groups excluding tert-OH is 8. The van der Waals surface area contributed by atoms with E-state index in [1.807, 2.05) is 6.08 Å². The van der Waals surface area contributed by atoms with E-state index in [2.05, 4.69) is 104 Å². The Morgan fingerprint density at radius 1 is 0.374 bits per heavy atom. The monoisotopic (exact) mass is 1390 g/mol. The van der Waals surface area contributed by atoms with Crippen molar-refractivity contribution in [2.45, 2.75) is 415 Å². The Hall–Kier alpha value is -3.09. The van der Waals surface area contributed by atoms with Gasteiger partial charge in [-0.05, 0) is 83.5 Å². The molecule has 0 radical (unpaired) electrons. The molecular weight excluding hydrogens is 1240 g/mol. The summed E-state index contributed by atoms with van der Waals surface area (Å²) in [6, 6.07) is -0.937. The standard InChI is InChI=1S/C85H151NO13/c1-3-5-7-9-11-13-15-17-19-21-23-25-27-29-31-33-34-35-36-37-38-39-40-41-43-45-47-49-51-53-55-57-59-61-63-65-67-69-77(90)86-73(72-96-84-82(95)80(93)83(76(71-88)98-84)99-85-81(94)79(92)78(91)75(70-87)97-85)74(89)68-66-64-62-60-58-56-54-52-50-48-46-44-42-32-30-28-26-24-22-20-18-16-14-12-10-8-6-4-2/h5,7,11,13,17,19,23,25,29,31,34-35,58,60,66,68,73-76,78-85,87-89,91-95H,3-4,6,8-10,12,14-16,18,20-22,24,26-28,30,32-33,36-57,59,61-65,67,69-72H2,1-2H3,(H,86,90)/b7-5-,13-11-,19-17-,25-23-,31-29-,35-34-,60-58+,68-66+. The summed E-state index contributed by atoms with van der Waals surface area (Å²) < 4.78 is 22.9. The van der Waals surface area contributed by atoms with Gasteiger partial charge in [-0.15, -0.1) is 0 Å². The van der Waals surface area contributed by atoms with Gasteiger partial charge in [-0.2, -0.15) is 0 Å². The van der Waals surface area contributed by atoms with Crippen LogP contribution in [0.3, 0.4) is 0 Å². The maximum Gasteiger partial charge on any atom is 0.220 e. The van der Waals surface area contributed by atoms with Crippen LogP contribution in [-0.2, 0) is 23.7 Å². The van der Waals surface area contributed by atoms with Crippen molar-refractivity contribution in [3.8, 4) is 0 Å². The summed E-state index contributed by atoms with van der Waals surface area (Å²) in [5, 5.41) is 87.7. The van der Waals surface area contributed by atoms with E-state index in [1.54, 1.807) is 6.08 Å². The molecule has 0 aromatic rings. The van der Waals surface area contributed by atoms with Gasteiger partial charge in [-0.1, -0.05) is 349 Å². The molecule has 2 aliphatic rings. The number of allylic oxidation sites excluding steroid dienone is 15. The first-order valence-corrected chi connectivity index (χ1v) is 41.0. The van der Waals surface area contributed by atoms with Crippen LogP contribution in [0.4, 0.5) is 0 Å². The normalized spacial score (nSPS) is 22.4. The number of rotatable bonds is 68. The third kappa shape index (κ3) is 50.9. The molecule has 2 heterocycles. The maximum atomic E-state index is 13.4. The second-order valence-electron chi connectivity index (χ2n) is 28.5. The zero-order valence-corrected chi connectivity index (χ0v) is 63.0. The Labute approximate surface area is 604 Å². The Morgan fingerprint density at radius 3 is 1.11 bits per heavy atom. The van der Waals surface area contributed by atoms with Gasteiger partial charge in [0, 0.05) is 6.42 Å². The fraction of sp³-hybridized carbons (Fsp3) is 0.800. The van der Waals surface area contributed by atoms with Crippen LogP contribution >= 0.6 is 0 Å². The lowest BCUT2D eigenvalue weighted by atomic mass is 9.97. The first kappa shape index (κ1) is 92.0. The van der Waals surface area contributed by atoms with Gasteiger partial charge in [0.15, 0.2) is 12.6 Å². The molecule has 574 valence electrons. The Kier molecular flexibility index (Phi) is 63.2. The summed E-state index contributed by atoms with van der Waals surface area (Å²) in [6.45, 7) is 2.71. The molecule has 0 spiro atoms. The van der Waals surface area contributed by atoms with E-state index in [1.165, 1.54) is 238 Å². The predicted molar refractivity (Wildman–Crippen MR) is 410 cm³/mol. The molecular formula is C85H151NO13. The lowest BCUT2D eigenvalue weighted by molar-refractivity contribution is -0.359. The molecule has 0 aromatic heterocycles. The fourth-order valence-electron chi connectivity index (χ4n) is 13.1. The van der Waals surface area contributed by atoms with Gasteiger partial charge in [0.25, 0.3) is 0 Å². The van der Waals surface area contributed by atoms with Crippen LogP contribution in [0.25, 0.3) is 0 Å². The van der Waals surface area contributed by atoms with Crippen LogP contribution in [0.2, 0.25) is 0 Å². The van der Waals surface area contributed by atoms with E-state index in [-0.39, 0.29) is 18.9 Å². The zero-order valence-electron chi connectivity index (χ0n) is 63.0. The number of hydrogen-bond acceptors (Lipinski definition) is 13. The summed E-state index contributed by atoms with van der Waals surface area (Å²) in [6.07, 6.45) is 80.6. The highest BCUT2D eigenvalue weighted by Gasteiger charge is 2.51. The number of carbonyl (C=O) groups excluding carboxylic acids is 1. The summed E-state index contributed by atoms with van der Waals surface area (Å²) in [5.41, 5.74) is 0. The average Bonchev–Trinajstić information content (AvgIpc) is 0.793. The summed E-state index contributed by atoms with van der Waals surface area (Å²) in [4.78, 5) is 13.4. The van der Waals surface area contributed by atoms with Gasteiger partial charge in [-0.3, -0.25) is 4.79 Å². The van der Waals surface area contributed by atoms with E-state index < -0.39 is 86.8 Å². The van der Waals surface area contributed by atoms with Crippen LogP contribution in [0, 0.1) is 0 Å². The molecule has 0 aromatic carbocycles. The molecule has 9 N–H and O–H groups in total. The summed E-state index contributed by atoms with van der Waals surface area (Å²) in [7, 11) is 0. The molecule has 1 amide bonds. The van der Waals surface area contributed by atoms with Crippen molar-refractivity contribution in [2.24, 2.45) is 0 Å². The van der Waals surface area contributed by atoms with Crippen molar-refractivity contribution in [1.82, 2.24) is 5.32 Å². The number of nitrogens with one attached hydrogen (secondary N) is 1. The third-order valence-corrected chi connectivity index (χ3v) is 19.5. The van der Waals surface area contributed by atoms with E-state index in [0.717, 1.165) is 70.6 Å². The van der Waals surface area contributed by atoms with Crippen LogP contribution < -0.4 is 5.32 Å². The fourth-order valence-corrected chi connectivity index (χ4v) is 13.1. The molecule has 14 nitrogen and oxygen atoms in total. The number of unbranched alkanes of at least 4 members (excludes halogenated alkanes) is 41. The van der Waals surface area contributed by atoms with E-state index in [0.29, 0.717) is 12.8 Å². The molecule has 2 aliphatic heterocycles. The highest BCUT2D eigenvalue weighted by atomic mass is 16.7. The van der Waals surface area contributed by atoms with Crippen molar-refractivity contribution < 1.29 is 64.6 Å². The highest BCUT2D eigenvalue weighted by molar-refractivity contribution is 5.76. The largest absolute Gasteiger partial charge is 0.394 e. The van der Waals surface area contributed by atoms with Gasteiger partial charge in [0.05, 0.1) is 32.0 Å². The number of hydrogen-bond donors (Lipinski definition) is 9. The average molecular weight is 1400 g/mol. The number of amides is 1. The van der Waals surface area contributed by atoms with Crippen molar-refractivity contribution in [3.63, 3.8) is 0 Å².